The Labute approximate surface area is 109 Å². The van der Waals surface area contributed by atoms with Crippen molar-refractivity contribution in [3.05, 3.63) is 70.1 Å². The molecule has 0 aliphatic rings. The molecule has 94 valence electrons. The number of rotatable bonds is 1. The molecule has 0 saturated carbocycles. The van der Waals surface area contributed by atoms with E-state index in [9.17, 15) is 9.18 Å². The number of nitrogens with one attached hydrogen (secondary N) is 1. The molecule has 0 bridgehead atoms. The van der Waals surface area contributed by atoms with Gasteiger partial charge in [-0.2, -0.15) is 0 Å². The zero-order chi connectivity index (χ0) is 13.4. The number of para-hydroxylation sites is 1. The minimum absolute atomic E-state index is 0.132. The van der Waals surface area contributed by atoms with E-state index in [4.69, 9.17) is 0 Å². The Balaban J connectivity index is 2.42. The number of aromatic amines is 1. The van der Waals surface area contributed by atoms with Crippen LogP contribution in [-0.2, 0) is 0 Å². The number of H-pyrrole nitrogens is 1. The van der Waals surface area contributed by atoms with Gasteiger partial charge in [-0.3, -0.25) is 4.79 Å². The number of benzene rings is 2. The SMILES string of the molecule is Cc1c(-c2ccccc2)[nH]c2c(F)cccc2c1=O. The Hall–Kier alpha value is -2.42. The van der Waals surface area contributed by atoms with Gasteiger partial charge >= 0.3 is 0 Å². The van der Waals surface area contributed by atoms with Crippen molar-refractivity contribution in [2.24, 2.45) is 0 Å². The van der Waals surface area contributed by atoms with Crippen molar-refractivity contribution < 1.29 is 4.39 Å². The first-order valence-corrected chi connectivity index (χ1v) is 6.05. The van der Waals surface area contributed by atoms with Gasteiger partial charge in [0.2, 0.25) is 0 Å². The monoisotopic (exact) mass is 253 g/mol. The van der Waals surface area contributed by atoms with Gasteiger partial charge in [0.05, 0.1) is 11.2 Å². The van der Waals surface area contributed by atoms with Gasteiger partial charge in [-0.05, 0) is 24.6 Å². The lowest BCUT2D eigenvalue weighted by atomic mass is 10.0. The number of hydrogen-bond acceptors (Lipinski definition) is 1. The smallest absolute Gasteiger partial charge is 0.193 e. The average Bonchev–Trinajstić information content (AvgIpc) is 2.44. The van der Waals surface area contributed by atoms with Gasteiger partial charge in [0, 0.05) is 10.9 Å². The molecule has 0 aliphatic heterocycles. The zero-order valence-corrected chi connectivity index (χ0v) is 10.4. The molecule has 0 spiro atoms. The van der Waals surface area contributed by atoms with Gasteiger partial charge in [-0.15, -0.1) is 0 Å². The van der Waals surface area contributed by atoms with Crippen molar-refractivity contribution in [1.82, 2.24) is 4.98 Å². The standard InChI is InChI=1S/C16H12FNO/c1-10-14(11-6-3-2-4-7-11)18-15-12(16(10)19)8-5-9-13(15)17/h2-9H,1H3,(H,18,19). The summed E-state index contributed by atoms with van der Waals surface area (Å²) in [5.74, 6) is -0.410. The maximum absolute atomic E-state index is 13.8. The summed E-state index contributed by atoms with van der Waals surface area (Å²) in [5, 5.41) is 0.386. The van der Waals surface area contributed by atoms with E-state index in [1.54, 1.807) is 19.1 Å². The van der Waals surface area contributed by atoms with Gasteiger partial charge in [0.25, 0.3) is 0 Å². The van der Waals surface area contributed by atoms with E-state index in [1.807, 2.05) is 30.3 Å². The molecule has 0 amide bonds. The maximum atomic E-state index is 13.8. The van der Waals surface area contributed by atoms with Crippen molar-refractivity contribution in [2.45, 2.75) is 6.92 Å². The second-order valence-electron chi connectivity index (χ2n) is 4.48. The van der Waals surface area contributed by atoms with Crippen LogP contribution in [0.25, 0.3) is 22.2 Å². The minimum Gasteiger partial charge on any atom is -0.352 e. The molecule has 3 aromatic rings. The predicted molar refractivity (Wildman–Crippen MR) is 74.7 cm³/mol. The highest BCUT2D eigenvalue weighted by atomic mass is 19.1. The lowest BCUT2D eigenvalue weighted by molar-refractivity contribution is 0.637. The molecule has 19 heavy (non-hydrogen) atoms. The summed E-state index contributed by atoms with van der Waals surface area (Å²) in [6.07, 6.45) is 0. The van der Waals surface area contributed by atoms with E-state index < -0.39 is 5.82 Å². The quantitative estimate of drug-likeness (QED) is 0.705. The number of aromatic nitrogens is 1. The van der Waals surface area contributed by atoms with Crippen LogP contribution in [0, 0.1) is 12.7 Å². The molecule has 0 unspecified atom stereocenters. The van der Waals surface area contributed by atoms with Crippen LogP contribution >= 0.6 is 0 Å². The highest BCUT2D eigenvalue weighted by molar-refractivity contribution is 5.83. The zero-order valence-electron chi connectivity index (χ0n) is 10.4. The molecule has 1 aromatic heterocycles. The van der Waals surface area contributed by atoms with Crippen LogP contribution in [-0.4, -0.2) is 4.98 Å². The van der Waals surface area contributed by atoms with Crippen molar-refractivity contribution in [1.29, 1.82) is 0 Å². The van der Waals surface area contributed by atoms with Crippen LogP contribution in [0.15, 0.2) is 53.3 Å². The van der Waals surface area contributed by atoms with Crippen LogP contribution in [0.5, 0.6) is 0 Å². The van der Waals surface area contributed by atoms with E-state index >= 15 is 0 Å². The molecular weight excluding hydrogens is 241 g/mol. The number of hydrogen-bond donors (Lipinski definition) is 1. The van der Waals surface area contributed by atoms with Gasteiger partial charge in [-0.1, -0.05) is 36.4 Å². The normalized spacial score (nSPS) is 10.8. The molecule has 3 rings (SSSR count). The fourth-order valence-electron chi connectivity index (χ4n) is 2.27. The largest absolute Gasteiger partial charge is 0.352 e. The van der Waals surface area contributed by atoms with Crippen molar-refractivity contribution in [3.63, 3.8) is 0 Å². The molecule has 2 nitrogen and oxygen atoms in total. The summed E-state index contributed by atoms with van der Waals surface area (Å²) < 4.78 is 13.8. The summed E-state index contributed by atoms with van der Waals surface area (Å²) in [4.78, 5) is 15.3. The van der Waals surface area contributed by atoms with Gasteiger partial charge < -0.3 is 4.98 Å². The van der Waals surface area contributed by atoms with Crippen LogP contribution < -0.4 is 5.43 Å². The molecule has 0 atom stereocenters. The summed E-state index contributed by atoms with van der Waals surface area (Å²) >= 11 is 0. The Morgan fingerprint density at radius 2 is 1.74 bits per heavy atom. The Kier molecular flexibility index (Phi) is 2.67. The Morgan fingerprint density at radius 1 is 1.00 bits per heavy atom. The van der Waals surface area contributed by atoms with Crippen molar-refractivity contribution in [2.75, 3.05) is 0 Å². The van der Waals surface area contributed by atoms with E-state index in [1.165, 1.54) is 6.07 Å². The summed E-state index contributed by atoms with van der Waals surface area (Å²) in [5.41, 5.74) is 2.28. The third kappa shape index (κ3) is 1.83. The van der Waals surface area contributed by atoms with E-state index in [0.29, 0.717) is 16.6 Å². The van der Waals surface area contributed by atoms with Crippen LogP contribution in [0.1, 0.15) is 5.56 Å². The summed E-state index contributed by atoms with van der Waals surface area (Å²) in [6.45, 7) is 1.76. The van der Waals surface area contributed by atoms with Gasteiger partial charge in [0.1, 0.15) is 5.82 Å². The Morgan fingerprint density at radius 3 is 2.47 bits per heavy atom. The van der Waals surface area contributed by atoms with Crippen LogP contribution in [0.2, 0.25) is 0 Å². The number of fused-ring (bicyclic) bond motifs is 1. The molecule has 1 heterocycles. The number of pyridine rings is 1. The molecule has 3 heteroatoms. The molecule has 0 saturated heterocycles. The fraction of sp³-hybridized carbons (Fsp3) is 0.0625. The highest BCUT2D eigenvalue weighted by Gasteiger charge is 2.11. The first kappa shape index (κ1) is 11.7. The first-order chi connectivity index (χ1) is 9.18. The summed E-state index contributed by atoms with van der Waals surface area (Å²) in [6, 6.07) is 14.0. The Bertz CT molecular complexity index is 806. The fourth-order valence-corrected chi connectivity index (χ4v) is 2.27. The topological polar surface area (TPSA) is 32.9 Å². The third-order valence-corrected chi connectivity index (χ3v) is 3.29. The molecule has 1 N–H and O–H groups in total. The third-order valence-electron chi connectivity index (χ3n) is 3.29. The summed E-state index contributed by atoms with van der Waals surface area (Å²) in [7, 11) is 0. The molecule has 2 aromatic carbocycles. The predicted octanol–water partition coefficient (Wildman–Crippen LogP) is 3.64. The maximum Gasteiger partial charge on any atom is 0.193 e. The second-order valence-corrected chi connectivity index (χ2v) is 4.48. The molecule has 0 radical (unpaired) electrons. The molecule has 0 aliphatic carbocycles. The average molecular weight is 253 g/mol. The minimum atomic E-state index is -0.410. The highest BCUT2D eigenvalue weighted by Crippen LogP contribution is 2.22. The van der Waals surface area contributed by atoms with Crippen molar-refractivity contribution in [3.8, 4) is 11.3 Å². The van der Waals surface area contributed by atoms with E-state index in [0.717, 1.165) is 5.56 Å². The second kappa shape index (κ2) is 4.35. The molecule has 0 fully saturated rings. The van der Waals surface area contributed by atoms with Gasteiger partial charge in [0.15, 0.2) is 5.43 Å². The lowest BCUT2D eigenvalue weighted by Crippen LogP contribution is -2.10. The first-order valence-electron chi connectivity index (χ1n) is 6.05. The van der Waals surface area contributed by atoms with Crippen LogP contribution in [0.3, 0.4) is 0 Å². The van der Waals surface area contributed by atoms with Gasteiger partial charge in [-0.25, -0.2) is 4.39 Å². The van der Waals surface area contributed by atoms with Crippen LogP contribution in [0.4, 0.5) is 4.39 Å². The van der Waals surface area contributed by atoms with E-state index in [-0.39, 0.29) is 10.9 Å². The molecular formula is C16H12FNO. The number of halogens is 1. The lowest BCUT2D eigenvalue weighted by Gasteiger charge is -2.09. The van der Waals surface area contributed by atoms with Crippen molar-refractivity contribution >= 4 is 10.9 Å². The van der Waals surface area contributed by atoms with E-state index in [2.05, 4.69) is 4.98 Å².